The minimum Gasteiger partial charge on any atom is -0.103 e. The van der Waals surface area contributed by atoms with E-state index in [2.05, 4.69) is 54.2 Å². The van der Waals surface area contributed by atoms with Crippen LogP contribution in [0.5, 0.6) is 0 Å². The monoisotopic (exact) mass is 236 g/mol. The fraction of sp³-hybridized carbons (Fsp3) is 0.882. The molecule has 100 valence electrons. The van der Waals surface area contributed by atoms with Crippen LogP contribution in [0.25, 0.3) is 0 Å². The van der Waals surface area contributed by atoms with Crippen LogP contribution < -0.4 is 0 Å². The van der Waals surface area contributed by atoms with E-state index in [1.165, 1.54) is 32.1 Å². The van der Waals surface area contributed by atoms with Crippen molar-refractivity contribution < 1.29 is 0 Å². The van der Waals surface area contributed by atoms with Crippen molar-refractivity contribution in [3.8, 4) is 0 Å². The minimum atomic E-state index is 0.491. The summed E-state index contributed by atoms with van der Waals surface area (Å²) in [6.07, 6.45) is 8.69. The summed E-state index contributed by atoms with van der Waals surface area (Å²) in [5.41, 5.74) is 1.48. The molecular formula is C17H32. The molecule has 0 radical (unpaired) electrons. The summed E-state index contributed by atoms with van der Waals surface area (Å²) in [6, 6.07) is 0. The lowest BCUT2D eigenvalue weighted by Crippen LogP contribution is -2.43. The highest BCUT2D eigenvalue weighted by Gasteiger charge is 2.47. The molecule has 0 amide bonds. The SMILES string of the molecule is C=CCC(CC)C1(C)CC(C)(C)CC(C)(C)C1. The van der Waals surface area contributed by atoms with Gasteiger partial charge in [-0.15, -0.1) is 6.58 Å². The zero-order chi connectivity index (χ0) is 13.3. The van der Waals surface area contributed by atoms with Crippen molar-refractivity contribution in [2.24, 2.45) is 22.2 Å². The second kappa shape index (κ2) is 4.78. The van der Waals surface area contributed by atoms with E-state index in [1.807, 2.05) is 0 Å². The van der Waals surface area contributed by atoms with Gasteiger partial charge in [0.05, 0.1) is 0 Å². The lowest BCUT2D eigenvalue weighted by atomic mass is 9.52. The third-order valence-corrected chi connectivity index (χ3v) is 4.65. The lowest BCUT2D eigenvalue weighted by Gasteiger charge is -2.54. The van der Waals surface area contributed by atoms with E-state index in [-0.39, 0.29) is 0 Å². The zero-order valence-electron chi connectivity index (χ0n) is 12.9. The van der Waals surface area contributed by atoms with E-state index in [0.29, 0.717) is 16.2 Å². The van der Waals surface area contributed by atoms with Gasteiger partial charge in [0.25, 0.3) is 0 Å². The first-order valence-corrected chi connectivity index (χ1v) is 7.25. The molecule has 0 aliphatic heterocycles. The molecule has 1 saturated carbocycles. The first kappa shape index (κ1) is 14.8. The predicted molar refractivity (Wildman–Crippen MR) is 78.1 cm³/mol. The Bertz CT molecular complexity index is 254. The number of rotatable bonds is 4. The van der Waals surface area contributed by atoms with Gasteiger partial charge in [-0.3, -0.25) is 0 Å². The molecule has 1 aliphatic carbocycles. The Balaban J connectivity index is 2.96. The molecule has 0 heteroatoms. The number of allylic oxidation sites excluding steroid dienone is 1. The van der Waals surface area contributed by atoms with Crippen LogP contribution in [0.2, 0.25) is 0 Å². The largest absolute Gasteiger partial charge is 0.103 e. The summed E-state index contributed by atoms with van der Waals surface area (Å²) < 4.78 is 0. The molecule has 17 heavy (non-hydrogen) atoms. The van der Waals surface area contributed by atoms with Crippen molar-refractivity contribution in [3.05, 3.63) is 12.7 Å². The third kappa shape index (κ3) is 3.60. The Hall–Kier alpha value is -0.260. The van der Waals surface area contributed by atoms with Crippen LogP contribution in [0.15, 0.2) is 12.7 Å². The average Bonchev–Trinajstić information content (AvgIpc) is 2.07. The van der Waals surface area contributed by atoms with Gasteiger partial charge in [-0.2, -0.15) is 0 Å². The summed E-state index contributed by atoms with van der Waals surface area (Å²) in [4.78, 5) is 0. The fourth-order valence-corrected chi connectivity index (χ4v) is 5.10. The maximum absolute atomic E-state index is 3.95. The Kier molecular flexibility index (Phi) is 4.16. The molecule has 0 N–H and O–H groups in total. The molecule has 1 rings (SSSR count). The van der Waals surface area contributed by atoms with E-state index in [9.17, 15) is 0 Å². The van der Waals surface area contributed by atoms with Gasteiger partial charge in [0.15, 0.2) is 0 Å². The molecule has 1 atom stereocenters. The lowest BCUT2D eigenvalue weighted by molar-refractivity contribution is -0.0290. The van der Waals surface area contributed by atoms with Crippen LogP contribution >= 0.6 is 0 Å². The standard InChI is InChI=1S/C17H32/c1-8-10-14(9-2)17(7)12-15(3,4)11-16(5,6)13-17/h8,14H,1,9-13H2,2-7H3. The van der Waals surface area contributed by atoms with Crippen molar-refractivity contribution in [1.29, 1.82) is 0 Å². The van der Waals surface area contributed by atoms with Gasteiger partial charge in [0.2, 0.25) is 0 Å². The molecule has 0 spiro atoms. The van der Waals surface area contributed by atoms with Crippen molar-refractivity contribution in [2.75, 3.05) is 0 Å². The van der Waals surface area contributed by atoms with E-state index < -0.39 is 0 Å². The zero-order valence-corrected chi connectivity index (χ0v) is 12.9. The second-order valence-corrected chi connectivity index (χ2v) is 8.14. The first-order valence-electron chi connectivity index (χ1n) is 7.25. The predicted octanol–water partition coefficient (Wildman–Crippen LogP) is 5.83. The molecule has 0 aromatic rings. The Labute approximate surface area is 109 Å². The summed E-state index contributed by atoms with van der Waals surface area (Å²) >= 11 is 0. The van der Waals surface area contributed by atoms with E-state index in [0.717, 1.165) is 5.92 Å². The molecule has 1 fully saturated rings. The topological polar surface area (TPSA) is 0 Å². The van der Waals surface area contributed by atoms with Crippen LogP contribution in [0.3, 0.4) is 0 Å². The smallest absolute Gasteiger partial charge is 0.0285 e. The Morgan fingerprint density at radius 3 is 1.82 bits per heavy atom. The van der Waals surface area contributed by atoms with Crippen molar-refractivity contribution in [2.45, 2.75) is 73.6 Å². The Morgan fingerprint density at radius 2 is 1.47 bits per heavy atom. The Morgan fingerprint density at radius 1 is 1.00 bits per heavy atom. The van der Waals surface area contributed by atoms with Gasteiger partial charge < -0.3 is 0 Å². The highest BCUT2D eigenvalue weighted by atomic mass is 14.5. The molecule has 1 unspecified atom stereocenters. The normalized spacial score (nSPS) is 27.4. The second-order valence-electron chi connectivity index (χ2n) is 8.14. The van der Waals surface area contributed by atoms with Crippen LogP contribution in [-0.4, -0.2) is 0 Å². The molecular weight excluding hydrogens is 204 g/mol. The van der Waals surface area contributed by atoms with Gasteiger partial charge >= 0.3 is 0 Å². The molecule has 0 aromatic heterocycles. The number of hydrogen-bond acceptors (Lipinski definition) is 0. The van der Waals surface area contributed by atoms with Gasteiger partial charge in [0.1, 0.15) is 0 Å². The van der Waals surface area contributed by atoms with E-state index in [4.69, 9.17) is 0 Å². The maximum atomic E-state index is 3.95. The van der Waals surface area contributed by atoms with Crippen molar-refractivity contribution in [3.63, 3.8) is 0 Å². The van der Waals surface area contributed by atoms with Crippen molar-refractivity contribution >= 4 is 0 Å². The van der Waals surface area contributed by atoms with Crippen LogP contribution in [-0.2, 0) is 0 Å². The van der Waals surface area contributed by atoms with Crippen LogP contribution in [0.4, 0.5) is 0 Å². The highest BCUT2D eigenvalue weighted by Crippen LogP contribution is 2.57. The molecule has 1 aliphatic rings. The minimum absolute atomic E-state index is 0.491. The molecule has 0 aromatic carbocycles. The average molecular weight is 236 g/mol. The van der Waals surface area contributed by atoms with Crippen LogP contribution in [0, 0.1) is 22.2 Å². The van der Waals surface area contributed by atoms with Crippen LogP contribution in [0.1, 0.15) is 73.6 Å². The van der Waals surface area contributed by atoms with E-state index in [1.54, 1.807) is 0 Å². The summed E-state index contributed by atoms with van der Waals surface area (Å²) in [5, 5.41) is 0. The highest BCUT2D eigenvalue weighted by molar-refractivity contribution is 4.99. The third-order valence-electron chi connectivity index (χ3n) is 4.65. The van der Waals surface area contributed by atoms with Gasteiger partial charge in [0, 0.05) is 0 Å². The summed E-state index contributed by atoms with van der Waals surface area (Å²) in [7, 11) is 0. The van der Waals surface area contributed by atoms with Crippen molar-refractivity contribution in [1.82, 2.24) is 0 Å². The quantitative estimate of drug-likeness (QED) is 0.539. The molecule has 0 heterocycles. The van der Waals surface area contributed by atoms with Gasteiger partial charge in [-0.1, -0.05) is 54.0 Å². The van der Waals surface area contributed by atoms with Gasteiger partial charge in [-0.25, -0.2) is 0 Å². The first-order chi connectivity index (χ1) is 7.64. The maximum Gasteiger partial charge on any atom is -0.0285 e. The molecule has 0 bridgehead atoms. The summed E-state index contributed by atoms with van der Waals surface area (Å²) in [5.74, 6) is 0.804. The molecule has 0 saturated heterocycles. The molecule has 0 nitrogen and oxygen atoms in total. The number of hydrogen-bond donors (Lipinski definition) is 0. The van der Waals surface area contributed by atoms with E-state index >= 15 is 0 Å². The van der Waals surface area contributed by atoms with Gasteiger partial charge in [-0.05, 0) is 47.8 Å². The fourth-order valence-electron chi connectivity index (χ4n) is 5.10. The summed E-state index contributed by atoms with van der Waals surface area (Å²) in [6.45, 7) is 18.6.